The van der Waals surface area contributed by atoms with E-state index in [1.165, 1.54) is 18.4 Å². The Kier molecular flexibility index (Phi) is 8.12. The highest BCUT2D eigenvalue weighted by Gasteiger charge is 2.59. The van der Waals surface area contributed by atoms with E-state index in [2.05, 4.69) is 20.8 Å². The summed E-state index contributed by atoms with van der Waals surface area (Å²) in [5.41, 5.74) is 1.67. The predicted octanol–water partition coefficient (Wildman–Crippen LogP) is 6.58. The van der Waals surface area contributed by atoms with E-state index in [0.29, 0.717) is 55.8 Å². The highest BCUT2D eigenvalue weighted by Crippen LogP contribution is 2.65. The average molecular weight is 487 g/mol. The molecule has 5 nitrogen and oxygen atoms in total. The number of carbonyl (C=O) groups is 3. The zero-order valence-electron chi connectivity index (χ0n) is 22.4. The maximum atomic E-state index is 12.7. The number of hydrogen-bond acceptors (Lipinski definition) is 5. The Hall–Kier alpha value is -1.65. The van der Waals surface area contributed by atoms with Crippen LogP contribution in [0.3, 0.4) is 0 Å². The van der Waals surface area contributed by atoms with Gasteiger partial charge in [0.05, 0.1) is 12.5 Å². The molecule has 7 unspecified atom stereocenters. The van der Waals surface area contributed by atoms with Crippen molar-refractivity contribution in [1.29, 1.82) is 0 Å². The molecule has 4 aliphatic rings. The maximum absolute atomic E-state index is 12.7. The summed E-state index contributed by atoms with van der Waals surface area (Å²) in [6.07, 6.45) is 14.0. The molecule has 7 atom stereocenters. The Morgan fingerprint density at radius 3 is 2.63 bits per heavy atom. The fourth-order valence-corrected chi connectivity index (χ4v) is 8.16. The first-order valence-electron chi connectivity index (χ1n) is 14.3. The molecule has 4 rings (SSSR count). The van der Waals surface area contributed by atoms with Gasteiger partial charge in [-0.15, -0.1) is 0 Å². The molecule has 0 saturated heterocycles. The summed E-state index contributed by atoms with van der Waals surface area (Å²) in [5, 5.41) is 0. The second kappa shape index (κ2) is 10.8. The SMILES string of the molecule is CCCC(C)C(=O)OCCCCC(=O)OC1CCC2C3CCC4=CC(=O)CCC4(C)C3CCC12C. The minimum atomic E-state index is -0.131. The minimum Gasteiger partial charge on any atom is -0.465 e. The quantitative estimate of drug-likeness (QED) is 0.272. The van der Waals surface area contributed by atoms with E-state index < -0.39 is 0 Å². The number of ether oxygens (including phenoxy) is 2. The van der Waals surface area contributed by atoms with Gasteiger partial charge in [-0.2, -0.15) is 0 Å². The summed E-state index contributed by atoms with van der Waals surface area (Å²) in [7, 11) is 0. The van der Waals surface area contributed by atoms with Gasteiger partial charge in [-0.1, -0.05) is 39.7 Å². The second-order valence-corrected chi connectivity index (χ2v) is 12.4. The minimum absolute atomic E-state index is 0.0198. The zero-order chi connectivity index (χ0) is 25.2. The van der Waals surface area contributed by atoms with E-state index in [0.717, 1.165) is 44.9 Å². The van der Waals surface area contributed by atoms with Crippen molar-refractivity contribution in [2.24, 2.45) is 34.5 Å². The average Bonchev–Trinajstić information content (AvgIpc) is 3.15. The molecule has 35 heavy (non-hydrogen) atoms. The number of allylic oxidation sites excluding steroid dienone is 1. The van der Waals surface area contributed by atoms with Gasteiger partial charge in [0.15, 0.2) is 5.78 Å². The number of fused-ring (bicyclic) bond motifs is 5. The van der Waals surface area contributed by atoms with Crippen LogP contribution >= 0.6 is 0 Å². The van der Waals surface area contributed by atoms with Gasteiger partial charge >= 0.3 is 11.9 Å². The first kappa shape index (κ1) is 26.4. The Morgan fingerprint density at radius 1 is 1.06 bits per heavy atom. The van der Waals surface area contributed by atoms with Crippen LogP contribution in [0.4, 0.5) is 0 Å². The van der Waals surface area contributed by atoms with Gasteiger partial charge in [-0.25, -0.2) is 0 Å². The number of unbranched alkanes of at least 4 members (excludes halogenated alkanes) is 1. The fourth-order valence-electron chi connectivity index (χ4n) is 8.16. The van der Waals surface area contributed by atoms with Crippen LogP contribution in [0.15, 0.2) is 11.6 Å². The normalized spacial score (nSPS) is 36.9. The summed E-state index contributed by atoms with van der Waals surface area (Å²) in [6, 6.07) is 0. The van der Waals surface area contributed by atoms with Crippen molar-refractivity contribution < 1.29 is 23.9 Å². The lowest BCUT2D eigenvalue weighted by Crippen LogP contribution is -2.51. The fraction of sp³-hybridized carbons (Fsp3) is 0.833. The standard InChI is InChI=1S/C30H46O5/c1-5-8-20(2)28(33)34-18-7-6-9-27(32)35-26-13-12-24-23-11-10-21-19-22(31)14-16-29(21,3)25(23)15-17-30(24,26)4/h19-20,23-26H,5-18H2,1-4H3. The molecule has 3 saturated carbocycles. The van der Waals surface area contributed by atoms with Crippen LogP contribution in [0, 0.1) is 34.5 Å². The number of ketones is 1. The Bertz CT molecular complexity index is 846. The van der Waals surface area contributed by atoms with Crippen molar-refractivity contribution in [3.63, 3.8) is 0 Å². The third-order valence-electron chi connectivity index (χ3n) is 10.3. The largest absolute Gasteiger partial charge is 0.465 e. The van der Waals surface area contributed by atoms with E-state index >= 15 is 0 Å². The first-order chi connectivity index (χ1) is 16.7. The summed E-state index contributed by atoms with van der Waals surface area (Å²) in [6.45, 7) is 9.14. The Morgan fingerprint density at radius 2 is 1.86 bits per heavy atom. The molecule has 0 bridgehead atoms. The molecule has 0 aliphatic heterocycles. The summed E-state index contributed by atoms with van der Waals surface area (Å²) in [5.74, 6) is 1.98. The third kappa shape index (κ3) is 5.25. The molecule has 3 fully saturated rings. The molecule has 0 amide bonds. The second-order valence-electron chi connectivity index (χ2n) is 12.4. The van der Waals surface area contributed by atoms with E-state index in [4.69, 9.17) is 9.47 Å². The summed E-state index contributed by atoms with van der Waals surface area (Å²) < 4.78 is 11.5. The molecule has 4 aliphatic carbocycles. The molecular formula is C30H46O5. The van der Waals surface area contributed by atoms with Gasteiger partial charge in [-0.3, -0.25) is 14.4 Å². The Labute approximate surface area is 211 Å². The topological polar surface area (TPSA) is 69.7 Å². The molecule has 196 valence electrons. The monoisotopic (exact) mass is 486 g/mol. The van der Waals surface area contributed by atoms with Crippen LogP contribution in [-0.2, 0) is 23.9 Å². The van der Waals surface area contributed by atoms with Crippen molar-refractivity contribution in [3.05, 3.63) is 11.6 Å². The van der Waals surface area contributed by atoms with Crippen molar-refractivity contribution in [3.8, 4) is 0 Å². The van der Waals surface area contributed by atoms with Gasteiger partial charge in [0.1, 0.15) is 6.10 Å². The highest BCUT2D eigenvalue weighted by molar-refractivity contribution is 5.91. The van der Waals surface area contributed by atoms with Gasteiger partial charge < -0.3 is 9.47 Å². The lowest BCUT2D eigenvalue weighted by atomic mass is 9.47. The number of hydrogen-bond donors (Lipinski definition) is 0. The molecule has 0 spiro atoms. The van der Waals surface area contributed by atoms with E-state index in [1.807, 2.05) is 13.0 Å². The molecule has 0 aromatic carbocycles. The summed E-state index contributed by atoms with van der Waals surface area (Å²) in [4.78, 5) is 36.6. The third-order valence-corrected chi connectivity index (χ3v) is 10.3. The van der Waals surface area contributed by atoms with Crippen LogP contribution < -0.4 is 0 Å². The van der Waals surface area contributed by atoms with Crippen molar-refractivity contribution in [2.75, 3.05) is 6.61 Å². The molecule has 0 aromatic rings. The van der Waals surface area contributed by atoms with Crippen molar-refractivity contribution in [1.82, 2.24) is 0 Å². The summed E-state index contributed by atoms with van der Waals surface area (Å²) >= 11 is 0. The highest BCUT2D eigenvalue weighted by atomic mass is 16.5. The Balaban J connectivity index is 1.26. The van der Waals surface area contributed by atoms with Gasteiger partial charge in [0.2, 0.25) is 0 Å². The molecular weight excluding hydrogens is 440 g/mol. The van der Waals surface area contributed by atoms with Crippen LogP contribution in [0.2, 0.25) is 0 Å². The van der Waals surface area contributed by atoms with Crippen LogP contribution in [-0.4, -0.2) is 30.4 Å². The lowest BCUT2D eigenvalue weighted by molar-refractivity contribution is -0.160. The number of carbonyl (C=O) groups excluding carboxylic acids is 3. The van der Waals surface area contributed by atoms with Gasteiger partial charge in [-0.05, 0) is 93.5 Å². The lowest BCUT2D eigenvalue weighted by Gasteiger charge is -2.57. The number of esters is 2. The van der Waals surface area contributed by atoms with E-state index in [-0.39, 0.29) is 34.8 Å². The first-order valence-corrected chi connectivity index (χ1v) is 14.3. The van der Waals surface area contributed by atoms with E-state index in [9.17, 15) is 14.4 Å². The maximum Gasteiger partial charge on any atom is 0.308 e. The number of rotatable bonds is 9. The predicted molar refractivity (Wildman–Crippen MR) is 135 cm³/mol. The van der Waals surface area contributed by atoms with Gasteiger partial charge in [0, 0.05) is 18.3 Å². The molecule has 0 heterocycles. The van der Waals surface area contributed by atoms with Crippen molar-refractivity contribution in [2.45, 2.75) is 117 Å². The molecule has 0 radical (unpaired) electrons. The zero-order valence-corrected chi connectivity index (χ0v) is 22.4. The molecule has 0 N–H and O–H groups in total. The smallest absolute Gasteiger partial charge is 0.308 e. The van der Waals surface area contributed by atoms with E-state index in [1.54, 1.807) is 0 Å². The van der Waals surface area contributed by atoms with Crippen LogP contribution in [0.5, 0.6) is 0 Å². The van der Waals surface area contributed by atoms with Crippen molar-refractivity contribution >= 4 is 17.7 Å². The van der Waals surface area contributed by atoms with Crippen LogP contribution in [0.25, 0.3) is 0 Å². The van der Waals surface area contributed by atoms with Crippen LogP contribution in [0.1, 0.15) is 111 Å². The van der Waals surface area contributed by atoms with Gasteiger partial charge in [0.25, 0.3) is 0 Å². The molecule has 5 heteroatoms. The molecule has 0 aromatic heterocycles.